The van der Waals surface area contributed by atoms with E-state index in [-0.39, 0.29) is 5.91 Å². The van der Waals surface area contributed by atoms with Crippen LogP contribution in [0.1, 0.15) is 30.9 Å². The largest absolute Gasteiger partial charge is 0.480 e. The predicted molar refractivity (Wildman–Crippen MR) is 74.0 cm³/mol. The van der Waals surface area contributed by atoms with Gasteiger partial charge in [-0.3, -0.25) is 4.79 Å². The second-order valence-corrected chi connectivity index (χ2v) is 4.75. The smallest absolute Gasteiger partial charge is 0.326 e. The second kappa shape index (κ2) is 6.92. The summed E-state index contributed by atoms with van der Waals surface area (Å²) in [4.78, 5) is 24.3. The molecule has 0 fully saturated rings. The summed E-state index contributed by atoms with van der Waals surface area (Å²) in [6, 6.07) is 7.28. The Morgan fingerprint density at radius 3 is 2.32 bits per heavy atom. The van der Waals surface area contributed by atoms with Crippen LogP contribution in [0.2, 0.25) is 0 Å². The van der Waals surface area contributed by atoms with Crippen molar-refractivity contribution in [1.82, 2.24) is 4.90 Å². The molecule has 0 saturated carbocycles. The van der Waals surface area contributed by atoms with Crippen molar-refractivity contribution < 1.29 is 14.7 Å². The van der Waals surface area contributed by atoms with E-state index in [2.05, 4.69) is 0 Å². The summed E-state index contributed by atoms with van der Waals surface area (Å²) in [5.41, 5.74) is 2.28. The summed E-state index contributed by atoms with van der Waals surface area (Å²) >= 11 is 0. The lowest BCUT2D eigenvalue weighted by Crippen LogP contribution is -2.42. The van der Waals surface area contributed by atoms with Crippen LogP contribution in [0.3, 0.4) is 0 Å². The molecule has 19 heavy (non-hydrogen) atoms. The van der Waals surface area contributed by atoms with E-state index in [9.17, 15) is 9.59 Å². The van der Waals surface area contributed by atoms with E-state index in [1.54, 1.807) is 14.0 Å². The van der Waals surface area contributed by atoms with Gasteiger partial charge < -0.3 is 10.0 Å². The highest BCUT2D eigenvalue weighted by Crippen LogP contribution is 2.09. The normalized spacial score (nSPS) is 11.9. The molecule has 1 unspecified atom stereocenters. The summed E-state index contributed by atoms with van der Waals surface area (Å²) in [5, 5.41) is 9.01. The zero-order valence-electron chi connectivity index (χ0n) is 11.7. The molecule has 0 radical (unpaired) electrons. The van der Waals surface area contributed by atoms with Gasteiger partial charge in [0.25, 0.3) is 0 Å². The van der Waals surface area contributed by atoms with E-state index in [0.29, 0.717) is 19.3 Å². The van der Waals surface area contributed by atoms with E-state index < -0.39 is 12.0 Å². The molecule has 104 valence electrons. The molecule has 0 bridgehead atoms. The monoisotopic (exact) mass is 263 g/mol. The molecule has 4 heteroatoms. The number of likely N-dealkylation sites (N-methyl/N-ethyl adjacent to an activating group) is 1. The zero-order chi connectivity index (χ0) is 14.4. The third-order valence-corrected chi connectivity index (χ3v) is 3.28. The number of rotatable bonds is 6. The molecule has 1 N–H and O–H groups in total. The van der Waals surface area contributed by atoms with Crippen molar-refractivity contribution in [2.75, 3.05) is 7.05 Å². The first-order chi connectivity index (χ1) is 8.95. The SMILES string of the molecule is CCC(C(=O)O)N(C)C(=O)CCc1ccc(C)cc1. The minimum Gasteiger partial charge on any atom is -0.480 e. The lowest BCUT2D eigenvalue weighted by atomic mass is 10.1. The van der Waals surface area contributed by atoms with Crippen LogP contribution in [-0.2, 0) is 16.0 Å². The maximum absolute atomic E-state index is 12.0. The van der Waals surface area contributed by atoms with Crippen molar-refractivity contribution in [2.24, 2.45) is 0 Å². The first-order valence-electron chi connectivity index (χ1n) is 6.49. The van der Waals surface area contributed by atoms with Crippen molar-refractivity contribution >= 4 is 11.9 Å². The maximum atomic E-state index is 12.0. The fourth-order valence-electron chi connectivity index (χ4n) is 1.97. The number of hydrogen-bond donors (Lipinski definition) is 1. The van der Waals surface area contributed by atoms with Crippen LogP contribution in [0, 0.1) is 6.92 Å². The van der Waals surface area contributed by atoms with Gasteiger partial charge >= 0.3 is 5.97 Å². The van der Waals surface area contributed by atoms with Crippen LogP contribution in [0.25, 0.3) is 0 Å². The summed E-state index contributed by atoms with van der Waals surface area (Å²) in [7, 11) is 1.56. The molecule has 1 rings (SSSR count). The van der Waals surface area contributed by atoms with Gasteiger partial charge in [0.05, 0.1) is 0 Å². The van der Waals surface area contributed by atoms with Gasteiger partial charge in [-0.05, 0) is 25.3 Å². The second-order valence-electron chi connectivity index (χ2n) is 4.75. The van der Waals surface area contributed by atoms with E-state index in [0.717, 1.165) is 5.56 Å². The number of benzene rings is 1. The van der Waals surface area contributed by atoms with Gasteiger partial charge in [-0.25, -0.2) is 4.79 Å². The van der Waals surface area contributed by atoms with Crippen molar-refractivity contribution in [3.8, 4) is 0 Å². The third kappa shape index (κ3) is 4.39. The summed E-state index contributed by atoms with van der Waals surface area (Å²) < 4.78 is 0. The fraction of sp³-hybridized carbons (Fsp3) is 0.467. The first-order valence-corrected chi connectivity index (χ1v) is 6.49. The lowest BCUT2D eigenvalue weighted by molar-refractivity contribution is -0.149. The van der Waals surface area contributed by atoms with Crippen LogP contribution >= 0.6 is 0 Å². The topological polar surface area (TPSA) is 57.6 Å². The molecule has 0 spiro atoms. The standard InChI is InChI=1S/C15H21NO3/c1-4-13(15(18)19)16(3)14(17)10-9-12-7-5-11(2)6-8-12/h5-8,13H,4,9-10H2,1-3H3,(H,18,19). The highest BCUT2D eigenvalue weighted by atomic mass is 16.4. The molecule has 0 heterocycles. The Kier molecular flexibility index (Phi) is 5.55. The Hall–Kier alpha value is -1.84. The van der Waals surface area contributed by atoms with Crippen molar-refractivity contribution in [1.29, 1.82) is 0 Å². The van der Waals surface area contributed by atoms with Crippen molar-refractivity contribution in [2.45, 2.75) is 39.2 Å². The fourth-order valence-corrected chi connectivity index (χ4v) is 1.97. The summed E-state index contributed by atoms with van der Waals surface area (Å²) in [6.45, 7) is 3.78. The molecule has 1 amide bonds. The molecular formula is C15H21NO3. The van der Waals surface area contributed by atoms with Gasteiger partial charge in [-0.1, -0.05) is 36.8 Å². The molecule has 4 nitrogen and oxygen atoms in total. The van der Waals surface area contributed by atoms with Crippen molar-refractivity contribution in [3.05, 3.63) is 35.4 Å². The molecule has 0 saturated heterocycles. The minimum atomic E-state index is -0.950. The number of amides is 1. The maximum Gasteiger partial charge on any atom is 0.326 e. The minimum absolute atomic E-state index is 0.130. The number of aliphatic carboxylic acids is 1. The van der Waals surface area contributed by atoms with Crippen LogP contribution in [0.5, 0.6) is 0 Å². The number of carbonyl (C=O) groups excluding carboxylic acids is 1. The van der Waals surface area contributed by atoms with Crippen molar-refractivity contribution in [3.63, 3.8) is 0 Å². The quantitative estimate of drug-likeness (QED) is 0.856. The van der Waals surface area contributed by atoms with Gasteiger partial charge in [0, 0.05) is 13.5 Å². The highest BCUT2D eigenvalue weighted by molar-refractivity contribution is 5.83. The van der Waals surface area contributed by atoms with E-state index in [1.807, 2.05) is 31.2 Å². The first kappa shape index (κ1) is 15.2. The number of carbonyl (C=O) groups is 2. The Labute approximate surface area is 114 Å². The Balaban J connectivity index is 2.55. The molecule has 0 aliphatic rings. The number of carboxylic acids is 1. The molecule has 0 aliphatic carbocycles. The average molecular weight is 263 g/mol. The van der Waals surface area contributed by atoms with Gasteiger partial charge in [0.1, 0.15) is 6.04 Å². The summed E-state index contributed by atoms with van der Waals surface area (Å²) in [6.07, 6.45) is 1.39. The highest BCUT2D eigenvalue weighted by Gasteiger charge is 2.24. The van der Waals surface area contributed by atoms with E-state index in [4.69, 9.17) is 5.11 Å². The molecule has 1 aromatic rings. The van der Waals surface area contributed by atoms with Crippen LogP contribution in [0.15, 0.2) is 24.3 Å². The number of carboxylic acid groups (broad SMARTS) is 1. The number of aryl methyl sites for hydroxylation is 2. The lowest BCUT2D eigenvalue weighted by Gasteiger charge is -2.23. The third-order valence-electron chi connectivity index (χ3n) is 3.28. The van der Waals surface area contributed by atoms with E-state index >= 15 is 0 Å². The van der Waals surface area contributed by atoms with Crippen LogP contribution < -0.4 is 0 Å². The van der Waals surface area contributed by atoms with Gasteiger partial charge in [0.2, 0.25) is 5.91 Å². The predicted octanol–water partition coefficient (Wildman–Crippen LogP) is 2.25. The van der Waals surface area contributed by atoms with Gasteiger partial charge in [-0.2, -0.15) is 0 Å². The van der Waals surface area contributed by atoms with Crippen LogP contribution in [-0.4, -0.2) is 35.0 Å². The molecule has 1 atom stereocenters. The zero-order valence-corrected chi connectivity index (χ0v) is 11.7. The molecular weight excluding hydrogens is 242 g/mol. The van der Waals surface area contributed by atoms with Gasteiger partial charge in [0.15, 0.2) is 0 Å². The Morgan fingerprint density at radius 1 is 1.26 bits per heavy atom. The van der Waals surface area contributed by atoms with Crippen LogP contribution in [0.4, 0.5) is 0 Å². The molecule has 0 aliphatic heterocycles. The average Bonchev–Trinajstić information content (AvgIpc) is 2.38. The Bertz CT molecular complexity index is 439. The molecule has 1 aromatic carbocycles. The van der Waals surface area contributed by atoms with Gasteiger partial charge in [-0.15, -0.1) is 0 Å². The molecule has 0 aromatic heterocycles. The summed E-state index contributed by atoms with van der Waals surface area (Å²) in [5.74, 6) is -1.08. The number of nitrogens with zero attached hydrogens (tertiary/aromatic N) is 1. The van der Waals surface area contributed by atoms with E-state index in [1.165, 1.54) is 10.5 Å². The number of hydrogen-bond acceptors (Lipinski definition) is 2. The Morgan fingerprint density at radius 2 is 1.84 bits per heavy atom.